The van der Waals surface area contributed by atoms with Crippen LogP contribution in [0.5, 0.6) is 0 Å². The van der Waals surface area contributed by atoms with E-state index in [0.717, 1.165) is 12.8 Å². The number of halogens is 4. The van der Waals surface area contributed by atoms with E-state index in [9.17, 15) is 13.2 Å². The van der Waals surface area contributed by atoms with Gasteiger partial charge in [-0.15, -0.1) is 0 Å². The molecule has 2 nitrogen and oxygen atoms in total. The molecule has 0 spiro atoms. The monoisotopic (exact) mass is 252 g/mol. The van der Waals surface area contributed by atoms with Crippen LogP contribution in [0.2, 0.25) is 0 Å². The molecule has 0 bridgehead atoms. The Hall–Kier alpha value is 0.350. The molecule has 1 heterocycles. The van der Waals surface area contributed by atoms with E-state index in [0.29, 0.717) is 11.5 Å². The summed E-state index contributed by atoms with van der Waals surface area (Å²) in [5, 5.41) is 17.5. The van der Waals surface area contributed by atoms with Gasteiger partial charge in [0.05, 0.1) is 0 Å². The van der Waals surface area contributed by atoms with Gasteiger partial charge >= 0.3 is 12.0 Å². The van der Waals surface area contributed by atoms with Crippen LogP contribution < -0.4 is 12.4 Å². The lowest BCUT2D eigenvalue weighted by Gasteiger charge is -2.22. The quantitative estimate of drug-likeness (QED) is 0.427. The topological polar surface area (TPSA) is 40.5 Å². The molecule has 7 heteroatoms. The average Bonchev–Trinajstić information content (AvgIpc) is 2.35. The summed E-state index contributed by atoms with van der Waals surface area (Å²) in [5.74, 6) is -2.66. The molecule has 1 aliphatic rings. The van der Waals surface area contributed by atoms with Gasteiger partial charge in [0.1, 0.15) is 11.5 Å². The second kappa shape index (κ2) is 4.92. The molecular formula is C7H12ClF3O2S. The molecule has 1 saturated heterocycles. The van der Waals surface area contributed by atoms with Crippen molar-refractivity contribution in [1.82, 2.24) is 0 Å². The second-order valence-electron chi connectivity index (χ2n) is 3.19. The predicted molar refractivity (Wildman–Crippen MR) is 44.4 cm³/mol. The van der Waals surface area contributed by atoms with E-state index >= 15 is 0 Å². The van der Waals surface area contributed by atoms with Gasteiger partial charge < -0.3 is 22.6 Å². The predicted octanol–water partition coefficient (Wildman–Crippen LogP) is -2.35. The van der Waals surface area contributed by atoms with Crippen LogP contribution >= 0.6 is 0 Å². The molecule has 0 atom stereocenters. The van der Waals surface area contributed by atoms with E-state index in [1.807, 2.05) is 0 Å². The molecule has 0 aromatic rings. The molecule has 0 aliphatic carbocycles. The van der Waals surface area contributed by atoms with E-state index in [1.165, 1.54) is 0 Å². The molecule has 1 aliphatic heterocycles. The Balaban J connectivity index is 0.00000169. The lowest BCUT2D eigenvalue weighted by Crippen LogP contribution is -3.00. The summed E-state index contributed by atoms with van der Waals surface area (Å²) in [4.78, 5) is 0. The van der Waals surface area contributed by atoms with E-state index in [2.05, 4.69) is 0 Å². The summed E-state index contributed by atoms with van der Waals surface area (Å²) in [6.45, 7) is 0. The first-order chi connectivity index (χ1) is 5.83. The molecule has 0 aromatic carbocycles. The van der Waals surface area contributed by atoms with Gasteiger partial charge in [-0.2, -0.15) is 13.2 Å². The summed E-state index contributed by atoms with van der Waals surface area (Å²) < 4.78 is 36.0. The Labute approximate surface area is 89.3 Å². The Morgan fingerprint density at radius 2 is 1.50 bits per heavy atom. The third kappa shape index (κ3) is 3.49. The standard InChI is InChI=1S/C7H12F3O2S.ClH/c8-7(9,10)6(11,12)5-13-3-1-2-4-13;/h11-12H,1-5H2;1H/q+1;/p-1. The van der Waals surface area contributed by atoms with E-state index < -0.39 is 28.6 Å². The third-order valence-corrected chi connectivity index (χ3v) is 4.52. The second-order valence-corrected chi connectivity index (χ2v) is 5.52. The van der Waals surface area contributed by atoms with Gasteiger partial charge in [-0.3, -0.25) is 0 Å². The first-order valence-corrected chi connectivity index (χ1v) is 5.72. The summed E-state index contributed by atoms with van der Waals surface area (Å²) >= 11 is 0. The average molecular weight is 253 g/mol. The number of rotatable bonds is 2. The van der Waals surface area contributed by atoms with Crippen molar-refractivity contribution in [3.8, 4) is 0 Å². The normalized spacial score (nSPS) is 19.5. The largest absolute Gasteiger partial charge is 1.00 e. The van der Waals surface area contributed by atoms with Gasteiger partial charge in [-0.25, -0.2) is 0 Å². The molecule has 0 aromatic heterocycles. The molecule has 0 radical (unpaired) electrons. The fourth-order valence-electron chi connectivity index (χ4n) is 1.23. The van der Waals surface area contributed by atoms with Gasteiger partial charge in [-0.1, -0.05) is 0 Å². The summed E-state index contributed by atoms with van der Waals surface area (Å²) in [7, 11) is -0.463. The number of hydrogen-bond acceptors (Lipinski definition) is 2. The Morgan fingerprint density at radius 3 is 1.86 bits per heavy atom. The van der Waals surface area contributed by atoms with Crippen molar-refractivity contribution in [2.24, 2.45) is 0 Å². The number of aliphatic hydroxyl groups is 2. The lowest BCUT2D eigenvalue weighted by atomic mass is 10.3. The van der Waals surface area contributed by atoms with Gasteiger partial charge in [0.2, 0.25) is 0 Å². The Kier molecular flexibility index (Phi) is 5.04. The van der Waals surface area contributed by atoms with Crippen LogP contribution in [-0.4, -0.2) is 39.4 Å². The molecule has 0 amide bonds. The summed E-state index contributed by atoms with van der Waals surface area (Å²) in [6, 6.07) is 0. The molecular weight excluding hydrogens is 241 g/mol. The van der Waals surface area contributed by atoms with Crippen LogP contribution in [0.3, 0.4) is 0 Å². The third-order valence-electron chi connectivity index (χ3n) is 1.98. The fourth-order valence-corrected chi connectivity index (χ4v) is 3.68. The van der Waals surface area contributed by atoms with E-state index in [1.54, 1.807) is 0 Å². The van der Waals surface area contributed by atoms with Crippen molar-refractivity contribution >= 4 is 10.9 Å². The Morgan fingerprint density at radius 1 is 1.07 bits per heavy atom. The zero-order valence-corrected chi connectivity index (χ0v) is 8.92. The van der Waals surface area contributed by atoms with Crippen LogP contribution in [-0.2, 0) is 10.9 Å². The van der Waals surface area contributed by atoms with Crippen molar-refractivity contribution in [2.45, 2.75) is 24.8 Å². The molecule has 14 heavy (non-hydrogen) atoms. The van der Waals surface area contributed by atoms with Crippen LogP contribution in [0.4, 0.5) is 13.2 Å². The SMILES string of the molecule is OC(O)(C[S+]1CCCC1)C(F)(F)F.[Cl-]. The number of alkyl halides is 3. The van der Waals surface area contributed by atoms with Gasteiger partial charge in [0, 0.05) is 0 Å². The smallest absolute Gasteiger partial charge is 0.448 e. The van der Waals surface area contributed by atoms with Gasteiger partial charge in [0.15, 0.2) is 5.75 Å². The molecule has 2 N–H and O–H groups in total. The highest BCUT2D eigenvalue weighted by Crippen LogP contribution is 2.31. The first-order valence-electron chi connectivity index (χ1n) is 3.98. The highest BCUT2D eigenvalue weighted by Gasteiger charge is 2.57. The van der Waals surface area contributed by atoms with E-state index in [-0.39, 0.29) is 12.4 Å². The maximum absolute atomic E-state index is 12.0. The zero-order valence-electron chi connectivity index (χ0n) is 7.35. The van der Waals surface area contributed by atoms with Crippen LogP contribution in [0.15, 0.2) is 0 Å². The van der Waals surface area contributed by atoms with Crippen LogP contribution in [0.1, 0.15) is 12.8 Å². The van der Waals surface area contributed by atoms with Crippen molar-refractivity contribution in [1.29, 1.82) is 0 Å². The van der Waals surface area contributed by atoms with E-state index in [4.69, 9.17) is 10.2 Å². The van der Waals surface area contributed by atoms with Crippen LogP contribution in [0.25, 0.3) is 0 Å². The molecule has 0 unspecified atom stereocenters. The summed E-state index contributed by atoms with van der Waals surface area (Å²) in [5.41, 5.74) is 0. The lowest BCUT2D eigenvalue weighted by molar-refractivity contribution is -0.336. The minimum absolute atomic E-state index is 0. The molecule has 86 valence electrons. The summed E-state index contributed by atoms with van der Waals surface area (Å²) in [6.07, 6.45) is -3.13. The van der Waals surface area contributed by atoms with Gasteiger partial charge in [0.25, 0.3) is 0 Å². The minimum atomic E-state index is -4.93. The highest BCUT2D eigenvalue weighted by atomic mass is 35.5. The Bertz CT molecular complexity index is 180. The molecule has 0 saturated carbocycles. The highest BCUT2D eigenvalue weighted by molar-refractivity contribution is 7.97. The number of hydrogen-bond donors (Lipinski definition) is 2. The first kappa shape index (κ1) is 14.3. The van der Waals surface area contributed by atoms with Crippen molar-refractivity contribution in [2.75, 3.05) is 17.3 Å². The van der Waals surface area contributed by atoms with Crippen LogP contribution in [0, 0.1) is 0 Å². The molecule has 1 fully saturated rings. The molecule has 1 rings (SSSR count). The minimum Gasteiger partial charge on any atom is -1.00 e. The van der Waals surface area contributed by atoms with Crippen molar-refractivity contribution in [3.63, 3.8) is 0 Å². The fraction of sp³-hybridized carbons (Fsp3) is 1.00. The zero-order chi connectivity index (χ0) is 10.1. The van der Waals surface area contributed by atoms with Crippen molar-refractivity contribution < 1.29 is 35.8 Å². The maximum atomic E-state index is 12.0. The van der Waals surface area contributed by atoms with Crippen molar-refractivity contribution in [3.05, 3.63) is 0 Å². The van der Waals surface area contributed by atoms with Gasteiger partial charge in [-0.05, 0) is 23.7 Å². The maximum Gasteiger partial charge on any atom is 0.448 e.